The summed E-state index contributed by atoms with van der Waals surface area (Å²) in [6, 6.07) is 0. The smallest absolute Gasteiger partial charge is 0.217 e. The van der Waals surface area contributed by atoms with Crippen molar-refractivity contribution in [1.29, 1.82) is 0 Å². The third kappa shape index (κ3) is 6.33. The summed E-state index contributed by atoms with van der Waals surface area (Å²) in [4.78, 5) is 10.7. The maximum Gasteiger partial charge on any atom is 0.217 e. The van der Waals surface area contributed by atoms with E-state index in [4.69, 9.17) is 40.5 Å². The Balaban J connectivity index is 4.35. The van der Waals surface area contributed by atoms with Gasteiger partial charge in [0.15, 0.2) is 3.79 Å². The first-order valence-corrected chi connectivity index (χ1v) is 6.09. The second-order valence-corrected chi connectivity index (χ2v) is 7.54. The molecule has 0 aliphatic heterocycles. The second kappa shape index (κ2) is 5.24. The van der Waals surface area contributed by atoms with Crippen molar-refractivity contribution in [2.75, 3.05) is 0 Å². The zero-order chi connectivity index (χ0) is 11.6. The lowest BCUT2D eigenvalue weighted by Crippen LogP contribution is -2.32. The number of primary amides is 1. The minimum Gasteiger partial charge on any atom is -0.370 e. The highest BCUT2D eigenvalue weighted by atomic mass is 79.9. The van der Waals surface area contributed by atoms with Crippen LogP contribution in [0.5, 0.6) is 0 Å². The van der Waals surface area contributed by atoms with Crippen molar-refractivity contribution in [3.63, 3.8) is 0 Å². The van der Waals surface area contributed by atoms with Gasteiger partial charge >= 0.3 is 0 Å². The molecule has 0 rings (SSSR count). The average Bonchev–Trinajstić information content (AvgIpc) is 1.79. The number of halogens is 4. The van der Waals surface area contributed by atoms with Gasteiger partial charge in [0.25, 0.3) is 0 Å². The third-order valence-electron chi connectivity index (χ3n) is 1.89. The predicted molar refractivity (Wildman–Crippen MR) is 65.2 cm³/mol. The van der Waals surface area contributed by atoms with E-state index in [-0.39, 0.29) is 22.6 Å². The van der Waals surface area contributed by atoms with E-state index >= 15 is 0 Å². The Morgan fingerprint density at radius 3 is 2.14 bits per heavy atom. The molecule has 0 saturated heterocycles. The fourth-order valence-electron chi connectivity index (χ4n) is 1.04. The number of hydrogen-bond acceptors (Lipinski definition) is 1. The predicted octanol–water partition coefficient (Wildman–Crippen LogP) is 3.41. The van der Waals surface area contributed by atoms with Gasteiger partial charge in [-0.15, -0.1) is 0 Å². The van der Waals surface area contributed by atoms with E-state index in [9.17, 15) is 4.79 Å². The Bertz CT molecular complexity index is 215. The van der Waals surface area contributed by atoms with Crippen LogP contribution >= 0.6 is 50.7 Å². The van der Waals surface area contributed by atoms with Gasteiger partial charge in [-0.3, -0.25) is 4.79 Å². The maximum absolute atomic E-state index is 10.8. The van der Waals surface area contributed by atoms with Crippen molar-refractivity contribution in [1.82, 2.24) is 0 Å². The normalized spacial score (nSPS) is 15.3. The lowest BCUT2D eigenvalue weighted by molar-refractivity contribution is -0.119. The molecule has 14 heavy (non-hydrogen) atoms. The van der Waals surface area contributed by atoms with E-state index < -0.39 is 3.79 Å². The number of carbonyl (C=O) groups excluding carboxylic acids is 1. The van der Waals surface area contributed by atoms with Crippen LogP contribution in [0.2, 0.25) is 0 Å². The van der Waals surface area contributed by atoms with E-state index in [0.717, 1.165) is 0 Å². The van der Waals surface area contributed by atoms with Crippen molar-refractivity contribution in [2.45, 2.75) is 35.3 Å². The summed E-state index contributed by atoms with van der Waals surface area (Å²) >= 11 is 20.4. The van der Waals surface area contributed by atoms with Crippen LogP contribution in [0.3, 0.4) is 0 Å². The largest absolute Gasteiger partial charge is 0.370 e. The molecule has 6 heteroatoms. The third-order valence-corrected chi connectivity index (χ3v) is 3.91. The monoisotopic (exact) mass is 323 g/mol. The Morgan fingerprint density at radius 2 is 1.86 bits per heavy atom. The van der Waals surface area contributed by atoms with Crippen LogP contribution in [0.1, 0.15) is 26.7 Å². The lowest BCUT2D eigenvalue weighted by Gasteiger charge is -2.31. The first kappa shape index (κ1) is 14.8. The molecule has 0 saturated carbocycles. The molecular weight excluding hydrogens is 312 g/mol. The topological polar surface area (TPSA) is 43.1 Å². The zero-order valence-electron chi connectivity index (χ0n) is 7.99. The summed E-state index contributed by atoms with van der Waals surface area (Å²) in [5.41, 5.74) is 4.80. The van der Waals surface area contributed by atoms with Crippen LogP contribution < -0.4 is 5.73 Å². The van der Waals surface area contributed by atoms with Crippen LogP contribution in [0.25, 0.3) is 0 Å². The molecule has 0 aliphatic rings. The summed E-state index contributed by atoms with van der Waals surface area (Å²) in [6.45, 7) is 3.79. The highest BCUT2D eigenvalue weighted by molar-refractivity contribution is 9.09. The number of alkyl halides is 4. The van der Waals surface area contributed by atoms with Gasteiger partial charge in [0.1, 0.15) is 0 Å². The number of carbonyl (C=O) groups is 1. The highest BCUT2D eigenvalue weighted by Crippen LogP contribution is 2.41. The van der Waals surface area contributed by atoms with Crippen LogP contribution in [0, 0.1) is 5.41 Å². The Hall–Kier alpha value is 0.820. The minimum absolute atomic E-state index is 0.0741. The molecule has 1 amide bonds. The van der Waals surface area contributed by atoms with Gasteiger partial charge in [0.2, 0.25) is 5.91 Å². The minimum atomic E-state index is -1.32. The Labute approximate surface area is 108 Å². The molecule has 0 aromatic heterocycles. The summed E-state index contributed by atoms with van der Waals surface area (Å²) in [6.07, 6.45) is 0.585. The molecule has 1 unspecified atom stereocenters. The van der Waals surface area contributed by atoms with Crippen molar-refractivity contribution in [3.05, 3.63) is 0 Å². The number of nitrogens with two attached hydrogens (primary N) is 1. The zero-order valence-corrected chi connectivity index (χ0v) is 11.8. The number of rotatable bonds is 4. The van der Waals surface area contributed by atoms with Gasteiger partial charge in [-0.05, 0) is 5.41 Å². The van der Waals surface area contributed by atoms with Crippen molar-refractivity contribution in [3.8, 4) is 0 Å². The Kier molecular flexibility index (Phi) is 5.55. The molecule has 0 heterocycles. The van der Waals surface area contributed by atoms with Gasteiger partial charge in [0.05, 0.1) is 0 Å². The molecule has 2 nitrogen and oxygen atoms in total. The van der Waals surface area contributed by atoms with Crippen LogP contribution in [-0.4, -0.2) is 14.5 Å². The van der Waals surface area contributed by atoms with Crippen LogP contribution in [0.4, 0.5) is 0 Å². The SMILES string of the molecule is CC(C)(CC(N)=O)C(Br)CC(Cl)(Cl)Cl. The summed E-state index contributed by atoms with van der Waals surface area (Å²) in [5.74, 6) is -0.358. The number of hydrogen-bond donors (Lipinski definition) is 1. The molecule has 0 fully saturated rings. The van der Waals surface area contributed by atoms with Gasteiger partial charge in [-0.1, -0.05) is 64.6 Å². The van der Waals surface area contributed by atoms with E-state index in [1.807, 2.05) is 13.8 Å². The first-order valence-electron chi connectivity index (χ1n) is 4.04. The van der Waals surface area contributed by atoms with E-state index in [0.29, 0.717) is 6.42 Å². The lowest BCUT2D eigenvalue weighted by atomic mass is 9.84. The highest BCUT2D eigenvalue weighted by Gasteiger charge is 2.35. The van der Waals surface area contributed by atoms with Crippen LogP contribution in [-0.2, 0) is 4.79 Å². The molecule has 0 radical (unpaired) electrons. The van der Waals surface area contributed by atoms with E-state index in [2.05, 4.69) is 15.9 Å². The van der Waals surface area contributed by atoms with E-state index in [1.165, 1.54) is 0 Å². The van der Waals surface area contributed by atoms with Crippen molar-refractivity contribution in [2.24, 2.45) is 11.1 Å². The average molecular weight is 325 g/mol. The molecule has 0 aromatic rings. The van der Waals surface area contributed by atoms with Gasteiger partial charge in [0, 0.05) is 17.7 Å². The molecule has 0 aromatic carbocycles. The summed E-state index contributed by atoms with van der Waals surface area (Å²) in [5, 5.41) is 0. The maximum atomic E-state index is 10.8. The van der Waals surface area contributed by atoms with Gasteiger partial charge in [-0.2, -0.15) is 0 Å². The molecule has 0 spiro atoms. The fraction of sp³-hybridized carbons (Fsp3) is 0.875. The molecule has 1 atom stereocenters. The summed E-state index contributed by atoms with van der Waals surface area (Å²) in [7, 11) is 0. The van der Waals surface area contributed by atoms with Gasteiger partial charge in [-0.25, -0.2) is 0 Å². The molecule has 2 N–H and O–H groups in total. The molecule has 0 bridgehead atoms. The van der Waals surface area contributed by atoms with Crippen molar-refractivity contribution < 1.29 is 4.79 Å². The standard InChI is InChI=1S/C8H13BrCl3NO/c1-7(2,4-6(13)14)5(9)3-8(10,11)12/h5H,3-4H2,1-2H3,(H2,13,14). The number of amides is 1. The van der Waals surface area contributed by atoms with Crippen molar-refractivity contribution >= 4 is 56.6 Å². The summed E-state index contributed by atoms with van der Waals surface area (Å²) < 4.78 is -1.32. The Morgan fingerprint density at radius 1 is 1.43 bits per heavy atom. The van der Waals surface area contributed by atoms with Gasteiger partial charge < -0.3 is 5.73 Å². The molecule has 0 aliphatic carbocycles. The van der Waals surface area contributed by atoms with Crippen LogP contribution in [0.15, 0.2) is 0 Å². The molecule has 84 valence electrons. The quantitative estimate of drug-likeness (QED) is 0.791. The first-order chi connectivity index (χ1) is 6.04. The van der Waals surface area contributed by atoms with E-state index in [1.54, 1.807) is 0 Å². The molecular formula is C8H13BrCl3NO. The second-order valence-electron chi connectivity index (χ2n) is 3.92. The fourth-order valence-corrected chi connectivity index (χ4v) is 2.71.